The van der Waals surface area contributed by atoms with Crippen molar-refractivity contribution in [2.45, 2.75) is 32.0 Å². The van der Waals surface area contributed by atoms with Crippen LogP contribution in [0, 0.1) is 0 Å². The molecule has 3 N–H and O–H groups in total. The normalized spacial score (nSPS) is 21.8. The van der Waals surface area contributed by atoms with Gasteiger partial charge in [0.05, 0.1) is 19.3 Å². The highest BCUT2D eigenvalue weighted by Crippen LogP contribution is 2.18. The molecule has 2 rings (SSSR count). The molecule has 1 aliphatic heterocycles. The number of aliphatic hydroxyl groups is 1. The molecule has 90 valence electrons. The average Bonchev–Trinajstić information content (AvgIpc) is 2.89. The Morgan fingerprint density at radius 1 is 1.56 bits per heavy atom. The molecule has 0 aromatic carbocycles. The molecule has 0 saturated carbocycles. The van der Waals surface area contributed by atoms with Crippen molar-refractivity contribution in [3.8, 4) is 0 Å². The maximum Gasteiger partial charge on any atom is 0.0640 e. The molecule has 5 nitrogen and oxygen atoms in total. The number of aliphatic hydroxyl groups excluding tert-OH is 1. The lowest BCUT2D eigenvalue weighted by atomic mass is 10.2. The van der Waals surface area contributed by atoms with E-state index in [0.29, 0.717) is 12.6 Å². The van der Waals surface area contributed by atoms with Crippen LogP contribution < -0.4 is 5.73 Å². The summed E-state index contributed by atoms with van der Waals surface area (Å²) < 4.78 is 1.78. The van der Waals surface area contributed by atoms with E-state index in [2.05, 4.69) is 10.00 Å². The van der Waals surface area contributed by atoms with Crippen LogP contribution in [0.5, 0.6) is 0 Å². The lowest BCUT2D eigenvalue weighted by Crippen LogP contribution is -2.34. The van der Waals surface area contributed by atoms with Crippen molar-refractivity contribution in [1.29, 1.82) is 0 Å². The van der Waals surface area contributed by atoms with Crippen LogP contribution >= 0.6 is 0 Å². The highest BCUT2D eigenvalue weighted by Gasteiger charge is 2.23. The van der Waals surface area contributed by atoms with Crippen molar-refractivity contribution in [3.63, 3.8) is 0 Å². The minimum Gasteiger partial charge on any atom is -0.394 e. The molecule has 1 atom stereocenters. The van der Waals surface area contributed by atoms with Gasteiger partial charge in [0.25, 0.3) is 0 Å². The fourth-order valence-electron chi connectivity index (χ4n) is 2.32. The monoisotopic (exact) mass is 224 g/mol. The van der Waals surface area contributed by atoms with E-state index in [1.54, 1.807) is 4.68 Å². The zero-order valence-electron chi connectivity index (χ0n) is 9.55. The summed E-state index contributed by atoms with van der Waals surface area (Å²) in [5.41, 5.74) is 6.94. The molecule has 2 heterocycles. The van der Waals surface area contributed by atoms with E-state index in [-0.39, 0.29) is 6.61 Å². The molecule has 1 saturated heterocycles. The minimum absolute atomic E-state index is 0.135. The second-order valence-corrected chi connectivity index (χ2v) is 4.34. The van der Waals surface area contributed by atoms with Crippen LogP contribution in [0.1, 0.15) is 18.4 Å². The summed E-state index contributed by atoms with van der Waals surface area (Å²) in [7, 11) is 0. The molecule has 0 radical (unpaired) electrons. The molecule has 1 aromatic rings. The van der Waals surface area contributed by atoms with Crippen molar-refractivity contribution in [3.05, 3.63) is 18.0 Å². The van der Waals surface area contributed by atoms with Crippen LogP contribution in [0.15, 0.2) is 12.4 Å². The van der Waals surface area contributed by atoms with E-state index in [0.717, 1.165) is 19.6 Å². The van der Waals surface area contributed by atoms with Crippen molar-refractivity contribution >= 4 is 0 Å². The first-order valence-corrected chi connectivity index (χ1v) is 5.90. The van der Waals surface area contributed by atoms with E-state index >= 15 is 0 Å². The summed E-state index contributed by atoms with van der Waals surface area (Å²) in [4.78, 5) is 2.42. The Labute approximate surface area is 95.8 Å². The molecule has 1 aliphatic rings. The molecule has 1 fully saturated rings. The Hall–Kier alpha value is -0.910. The summed E-state index contributed by atoms with van der Waals surface area (Å²) in [5, 5.41) is 13.0. The maximum atomic E-state index is 8.81. The van der Waals surface area contributed by atoms with Crippen LogP contribution in [0.4, 0.5) is 0 Å². The number of likely N-dealkylation sites (tertiary alicyclic amines) is 1. The second-order valence-electron chi connectivity index (χ2n) is 4.34. The Kier molecular flexibility index (Phi) is 3.93. The Balaban J connectivity index is 1.92. The first-order valence-electron chi connectivity index (χ1n) is 5.90. The smallest absolute Gasteiger partial charge is 0.0640 e. The third-order valence-corrected chi connectivity index (χ3v) is 3.17. The van der Waals surface area contributed by atoms with Crippen LogP contribution in [0.2, 0.25) is 0 Å². The molecule has 5 heteroatoms. The predicted octanol–water partition coefficient (Wildman–Crippen LogP) is -0.202. The minimum atomic E-state index is 0.135. The van der Waals surface area contributed by atoms with E-state index in [1.807, 2.05) is 12.4 Å². The van der Waals surface area contributed by atoms with Crippen LogP contribution in [-0.4, -0.2) is 45.5 Å². The Bertz CT molecular complexity index is 326. The summed E-state index contributed by atoms with van der Waals surface area (Å²) in [5.74, 6) is 0. The van der Waals surface area contributed by atoms with Crippen LogP contribution in [-0.2, 0) is 13.1 Å². The molecule has 0 spiro atoms. The van der Waals surface area contributed by atoms with E-state index in [1.165, 1.54) is 18.4 Å². The standard InChI is InChI=1S/C11H20N4O/c12-6-11-2-1-3-14(11)8-10-7-13-15(9-10)4-5-16/h7,9,11,16H,1-6,8,12H2. The molecule has 0 amide bonds. The number of hydrogen-bond donors (Lipinski definition) is 2. The number of aromatic nitrogens is 2. The number of rotatable bonds is 5. The third-order valence-electron chi connectivity index (χ3n) is 3.17. The summed E-state index contributed by atoms with van der Waals surface area (Å²) in [6, 6.07) is 0.529. The van der Waals surface area contributed by atoms with E-state index in [9.17, 15) is 0 Å². The topological polar surface area (TPSA) is 67.3 Å². The summed E-state index contributed by atoms with van der Waals surface area (Å²) in [6.07, 6.45) is 6.33. The van der Waals surface area contributed by atoms with E-state index < -0.39 is 0 Å². The van der Waals surface area contributed by atoms with Gasteiger partial charge in [0.2, 0.25) is 0 Å². The fraction of sp³-hybridized carbons (Fsp3) is 0.727. The fourth-order valence-corrected chi connectivity index (χ4v) is 2.32. The molecule has 1 aromatic heterocycles. The Morgan fingerprint density at radius 2 is 2.44 bits per heavy atom. The van der Waals surface area contributed by atoms with Gasteiger partial charge >= 0.3 is 0 Å². The highest BCUT2D eigenvalue weighted by molar-refractivity contribution is 5.04. The molecule has 1 unspecified atom stereocenters. The van der Waals surface area contributed by atoms with Gasteiger partial charge in [0, 0.05) is 30.9 Å². The Morgan fingerprint density at radius 3 is 3.19 bits per heavy atom. The maximum absolute atomic E-state index is 8.81. The van der Waals surface area contributed by atoms with Crippen molar-refractivity contribution in [1.82, 2.24) is 14.7 Å². The quantitative estimate of drug-likeness (QED) is 0.727. The average molecular weight is 224 g/mol. The van der Waals surface area contributed by atoms with Crippen molar-refractivity contribution in [2.75, 3.05) is 19.7 Å². The molecule has 16 heavy (non-hydrogen) atoms. The number of nitrogens with zero attached hydrogens (tertiary/aromatic N) is 3. The van der Waals surface area contributed by atoms with Gasteiger partial charge < -0.3 is 10.8 Å². The molecule has 0 bridgehead atoms. The summed E-state index contributed by atoms with van der Waals surface area (Å²) >= 11 is 0. The second kappa shape index (κ2) is 5.43. The molecular formula is C11H20N4O. The van der Waals surface area contributed by atoms with Gasteiger partial charge in [-0.2, -0.15) is 5.10 Å². The SMILES string of the molecule is NCC1CCCN1Cc1cnn(CCO)c1. The third kappa shape index (κ3) is 2.61. The lowest BCUT2D eigenvalue weighted by molar-refractivity contribution is 0.249. The van der Waals surface area contributed by atoms with Gasteiger partial charge in [-0.15, -0.1) is 0 Å². The highest BCUT2D eigenvalue weighted by atomic mass is 16.3. The van der Waals surface area contributed by atoms with Crippen molar-refractivity contribution in [2.24, 2.45) is 5.73 Å². The van der Waals surface area contributed by atoms with Gasteiger partial charge in [-0.1, -0.05) is 0 Å². The molecular weight excluding hydrogens is 204 g/mol. The van der Waals surface area contributed by atoms with Crippen molar-refractivity contribution < 1.29 is 5.11 Å². The first-order chi connectivity index (χ1) is 7.83. The molecule has 0 aliphatic carbocycles. The number of nitrogens with two attached hydrogens (primary N) is 1. The summed E-state index contributed by atoms with van der Waals surface area (Å²) in [6.45, 7) is 3.50. The van der Waals surface area contributed by atoms with Crippen LogP contribution in [0.3, 0.4) is 0 Å². The van der Waals surface area contributed by atoms with Gasteiger partial charge in [-0.3, -0.25) is 9.58 Å². The van der Waals surface area contributed by atoms with Crippen LogP contribution in [0.25, 0.3) is 0 Å². The van der Waals surface area contributed by atoms with E-state index in [4.69, 9.17) is 10.8 Å². The predicted molar refractivity (Wildman–Crippen MR) is 61.8 cm³/mol. The lowest BCUT2D eigenvalue weighted by Gasteiger charge is -2.22. The van der Waals surface area contributed by atoms with Gasteiger partial charge in [-0.05, 0) is 19.4 Å². The zero-order chi connectivity index (χ0) is 11.4. The number of hydrogen-bond acceptors (Lipinski definition) is 4. The van der Waals surface area contributed by atoms with Gasteiger partial charge in [0.15, 0.2) is 0 Å². The first kappa shape index (κ1) is 11.6. The largest absolute Gasteiger partial charge is 0.394 e. The van der Waals surface area contributed by atoms with Gasteiger partial charge in [-0.25, -0.2) is 0 Å². The van der Waals surface area contributed by atoms with Gasteiger partial charge in [0.1, 0.15) is 0 Å². The zero-order valence-corrected chi connectivity index (χ0v) is 9.55.